The Morgan fingerprint density at radius 2 is 1.76 bits per heavy atom. The number of nitrogens with zero attached hydrogens (tertiary/aromatic N) is 4. The van der Waals surface area contributed by atoms with Gasteiger partial charge in [-0.3, -0.25) is 9.89 Å². The summed E-state index contributed by atoms with van der Waals surface area (Å²) in [6, 6.07) is 11.1. The van der Waals surface area contributed by atoms with Gasteiger partial charge in [0.1, 0.15) is 11.5 Å². The Bertz CT molecular complexity index is 1380. The molecule has 1 saturated heterocycles. The third kappa shape index (κ3) is 4.84. The largest absolute Gasteiger partial charge is 0.493 e. The van der Waals surface area contributed by atoms with E-state index < -0.39 is 0 Å². The van der Waals surface area contributed by atoms with Crippen molar-refractivity contribution in [3.8, 4) is 40.0 Å². The van der Waals surface area contributed by atoms with Crippen molar-refractivity contribution in [1.29, 1.82) is 0 Å². The van der Waals surface area contributed by atoms with E-state index >= 15 is 0 Å². The average molecular weight is 508 g/mol. The van der Waals surface area contributed by atoms with Crippen molar-refractivity contribution in [2.24, 2.45) is 0 Å². The normalized spacial score (nSPS) is 15.5. The lowest BCUT2D eigenvalue weighted by Crippen LogP contribution is -2.39. The topological polar surface area (TPSA) is 116 Å². The van der Waals surface area contributed by atoms with Gasteiger partial charge in [0, 0.05) is 24.2 Å². The second-order valence-electron chi connectivity index (χ2n) is 8.62. The molecule has 0 bridgehead atoms. The Hall–Kier alpha value is -4.41. The molecule has 1 N–H and O–H groups in total. The number of aromatic nitrogens is 4. The minimum absolute atomic E-state index is 0.100. The zero-order chi connectivity index (χ0) is 25.9. The summed E-state index contributed by atoms with van der Waals surface area (Å²) in [7, 11) is 4.62. The number of amides is 1. The van der Waals surface area contributed by atoms with Crippen molar-refractivity contribution < 1.29 is 27.8 Å². The van der Waals surface area contributed by atoms with Crippen LogP contribution in [0.1, 0.15) is 35.1 Å². The lowest BCUT2D eigenvalue weighted by molar-refractivity contribution is 0.0692. The van der Waals surface area contributed by atoms with E-state index in [1.54, 1.807) is 49.5 Å². The monoisotopic (exact) mass is 507 g/mol. The zero-order valence-electron chi connectivity index (χ0n) is 20.7. The molecule has 37 heavy (non-hydrogen) atoms. The number of piperidine rings is 1. The van der Waals surface area contributed by atoms with Gasteiger partial charge in [-0.2, -0.15) is 5.10 Å². The van der Waals surface area contributed by atoms with Crippen molar-refractivity contribution >= 4 is 5.91 Å². The number of hydrogen-bond donors (Lipinski definition) is 1. The van der Waals surface area contributed by atoms with Crippen molar-refractivity contribution in [3.63, 3.8) is 0 Å². The number of benzene rings is 2. The zero-order valence-corrected chi connectivity index (χ0v) is 20.7. The summed E-state index contributed by atoms with van der Waals surface area (Å²) < 4.78 is 35.3. The van der Waals surface area contributed by atoms with Crippen LogP contribution in [0.25, 0.3) is 22.7 Å². The van der Waals surface area contributed by atoms with Gasteiger partial charge < -0.3 is 23.5 Å². The van der Waals surface area contributed by atoms with Gasteiger partial charge in [-0.05, 0) is 55.3 Å². The van der Waals surface area contributed by atoms with Crippen LogP contribution in [0.3, 0.4) is 0 Å². The number of halogens is 1. The molecular formula is C26H26FN5O5. The first kappa shape index (κ1) is 24.3. The predicted octanol–water partition coefficient (Wildman–Crippen LogP) is 4.31. The minimum Gasteiger partial charge on any atom is -0.493 e. The molecule has 4 aromatic rings. The van der Waals surface area contributed by atoms with Crippen LogP contribution in [0.5, 0.6) is 17.2 Å². The molecule has 2 aromatic heterocycles. The number of rotatable bonds is 7. The number of likely N-dealkylation sites (tertiary alicyclic amines) is 1. The highest BCUT2D eigenvalue weighted by Gasteiger charge is 2.30. The second kappa shape index (κ2) is 10.3. The molecule has 1 fully saturated rings. The first-order chi connectivity index (χ1) is 18.0. The number of hydrogen-bond acceptors (Lipinski definition) is 8. The standard InChI is InChI=1S/C26H26FN5O5/c1-34-21-11-17(12-22(35-2)23(21)36-3)19-13-20(29-28-19)26(33)32-10-4-5-16(14-32)25-31-30-24(37-25)15-6-8-18(27)9-7-15/h6-9,11-13,16H,4-5,10,14H2,1-3H3,(H,28,29). The molecule has 0 spiro atoms. The molecule has 2 aromatic carbocycles. The number of aromatic amines is 1. The average Bonchev–Trinajstić information content (AvgIpc) is 3.63. The maximum atomic E-state index is 13.3. The third-order valence-corrected chi connectivity index (χ3v) is 6.36. The SMILES string of the molecule is COc1cc(-c2cc(C(=O)N3CCCC(c4nnc(-c5ccc(F)cc5)o4)C3)[nH]n2)cc(OC)c1OC. The van der Waals surface area contributed by atoms with Crippen molar-refractivity contribution in [3.05, 3.63) is 59.9 Å². The van der Waals surface area contributed by atoms with Gasteiger partial charge in [-0.1, -0.05) is 0 Å². The van der Waals surface area contributed by atoms with Crippen LogP contribution in [0.15, 0.2) is 46.9 Å². The smallest absolute Gasteiger partial charge is 0.271 e. The van der Waals surface area contributed by atoms with Crippen molar-refractivity contribution in [2.45, 2.75) is 18.8 Å². The molecule has 1 aliphatic heterocycles. The van der Waals surface area contributed by atoms with Gasteiger partial charge in [0.15, 0.2) is 11.5 Å². The number of H-pyrrole nitrogens is 1. The molecule has 1 atom stereocenters. The molecule has 1 unspecified atom stereocenters. The van der Waals surface area contributed by atoms with E-state index in [0.717, 1.165) is 12.8 Å². The maximum Gasteiger partial charge on any atom is 0.271 e. The fourth-order valence-electron chi connectivity index (χ4n) is 4.45. The van der Waals surface area contributed by atoms with E-state index in [9.17, 15) is 9.18 Å². The van der Waals surface area contributed by atoms with E-state index in [1.165, 1.54) is 19.2 Å². The van der Waals surface area contributed by atoms with Crippen LogP contribution in [0, 0.1) is 5.82 Å². The van der Waals surface area contributed by atoms with Gasteiger partial charge in [0.25, 0.3) is 5.91 Å². The van der Waals surface area contributed by atoms with Crippen LogP contribution in [-0.4, -0.2) is 65.6 Å². The molecule has 0 saturated carbocycles. The molecule has 10 nitrogen and oxygen atoms in total. The molecule has 192 valence electrons. The van der Waals surface area contributed by atoms with Gasteiger partial charge in [-0.25, -0.2) is 4.39 Å². The fraction of sp³-hybridized carbons (Fsp3) is 0.308. The fourth-order valence-corrected chi connectivity index (χ4v) is 4.45. The molecule has 3 heterocycles. The molecule has 5 rings (SSSR count). The Labute approximate surface area is 212 Å². The van der Waals surface area contributed by atoms with Crippen LogP contribution >= 0.6 is 0 Å². The van der Waals surface area contributed by atoms with Crippen molar-refractivity contribution in [1.82, 2.24) is 25.3 Å². The van der Waals surface area contributed by atoms with Crippen LogP contribution < -0.4 is 14.2 Å². The van der Waals surface area contributed by atoms with E-state index in [4.69, 9.17) is 18.6 Å². The number of ether oxygens (including phenoxy) is 3. The maximum absolute atomic E-state index is 13.3. The molecular weight excluding hydrogens is 481 g/mol. The Balaban J connectivity index is 1.32. The van der Waals surface area contributed by atoms with Gasteiger partial charge >= 0.3 is 0 Å². The first-order valence-corrected chi connectivity index (χ1v) is 11.7. The van der Waals surface area contributed by atoms with Crippen molar-refractivity contribution in [2.75, 3.05) is 34.4 Å². The highest BCUT2D eigenvalue weighted by molar-refractivity contribution is 5.93. The number of carbonyl (C=O) groups is 1. The predicted molar refractivity (Wildman–Crippen MR) is 131 cm³/mol. The summed E-state index contributed by atoms with van der Waals surface area (Å²) >= 11 is 0. The Kier molecular flexibility index (Phi) is 6.76. The molecule has 11 heteroatoms. The lowest BCUT2D eigenvalue weighted by atomic mass is 9.97. The highest BCUT2D eigenvalue weighted by atomic mass is 19.1. The number of carbonyl (C=O) groups excluding carboxylic acids is 1. The van der Waals surface area contributed by atoms with E-state index in [1.807, 2.05) is 0 Å². The van der Waals surface area contributed by atoms with E-state index in [-0.39, 0.29) is 17.6 Å². The number of methoxy groups -OCH3 is 3. The molecule has 1 amide bonds. The summed E-state index contributed by atoms with van der Waals surface area (Å²) in [5, 5.41) is 15.5. The molecule has 0 aliphatic carbocycles. The summed E-state index contributed by atoms with van der Waals surface area (Å²) in [6.45, 7) is 1.04. The molecule has 1 aliphatic rings. The minimum atomic E-state index is -0.336. The van der Waals surface area contributed by atoms with Gasteiger partial charge in [-0.15, -0.1) is 10.2 Å². The van der Waals surface area contributed by atoms with Gasteiger partial charge in [0.05, 0.1) is 32.9 Å². The molecule has 0 radical (unpaired) electrons. The van der Waals surface area contributed by atoms with E-state index in [2.05, 4.69) is 20.4 Å². The quantitative estimate of drug-likeness (QED) is 0.393. The number of nitrogens with one attached hydrogen (secondary N) is 1. The Morgan fingerprint density at radius 3 is 2.43 bits per heavy atom. The second-order valence-corrected chi connectivity index (χ2v) is 8.62. The van der Waals surface area contributed by atoms with E-state index in [0.29, 0.717) is 64.6 Å². The van der Waals surface area contributed by atoms with Gasteiger partial charge in [0.2, 0.25) is 17.5 Å². The third-order valence-electron chi connectivity index (χ3n) is 6.36. The summed E-state index contributed by atoms with van der Waals surface area (Å²) in [6.07, 6.45) is 1.60. The summed E-state index contributed by atoms with van der Waals surface area (Å²) in [5.74, 6) is 1.63. The highest BCUT2D eigenvalue weighted by Crippen LogP contribution is 2.41. The lowest BCUT2D eigenvalue weighted by Gasteiger charge is -2.30. The Morgan fingerprint density at radius 1 is 1.03 bits per heavy atom. The van der Waals surface area contributed by atoms with Crippen LogP contribution in [0.4, 0.5) is 4.39 Å². The summed E-state index contributed by atoms with van der Waals surface area (Å²) in [5.41, 5.74) is 2.28. The van der Waals surface area contributed by atoms with Crippen LogP contribution in [-0.2, 0) is 0 Å². The first-order valence-electron chi connectivity index (χ1n) is 11.7. The summed E-state index contributed by atoms with van der Waals surface area (Å²) in [4.78, 5) is 15.1. The van der Waals surface area contributed by atoms with Crippen LogP contribution in [0.2, 0.25) is 0 Å².